The number of likely N-dealkylation sites (tertiary alicyclic amines) is 1. The van der Waals surface area contributed by atoms with Crippen LogP contribution in [0.4, 0.5) is 4.79 Å². The number of rotatable bonds is 3. The Labute approximate surface area is 157 Å². The predicted molar refractivity (Wildman–Crippen MR) is 108 cm³/mol. The van der Waals surface area contributed by atoms with Gasteiger partial charge in [0.05, 0.1) is 6.04 Å². The van der Waals surface area contributed by atoms with Gasteiger partial charge < -0.3 is 15.1 Å². The molecule has 1 saturated heterocycles. The van der Waals surface area contributed by atoms with Crippen LogP contribution < -0.4 is 5.32 Å². The summed E-state index contributed by atoms with van der Waals surface area (Å²) in [4.78, 5) is 17.2. The quantitative estimate of drug-likeness (QED) is 0.894. The summed E-state index contributed by atoms with van der Waals surface area (Å²) in [7, 11) is 4.09. The van der Waals surface area contributed by atoms with Crippen LogP contribution in [0, 0.1) is 5.41 Å². The molecular weight excluding hydrogens is 322 g/mol. The number of benzene rings is 2. The second-order valence-corrected chi connectivity index (χ2v) is 8.38. The fourth-order valence-electron chi connectivity index (χ4n) is 4.47. The zero-order chi connectivity index (χ0) is 18.9. The molecule has 0 aliphatic carbocycles. The number of hydrogen-bond donors (Lipinski definition) is 1. The molecule has 1 aliphatic heterocycles. The molecule has 1 heterocycles. The Morgan fingerprint density at radius 3 is 2.65 bits per heavy atom. The third-order valence-electron chi connectivity index (χ3n) is 5.78. The average Bonchev–Trinajstić information content (AvgIpc) is 2.59. The minimum Gasteiger partial charge on any atom is -0.331 e. The highest BCUT2D eigenvalue weighted by Crippen LogP contribution is 2.32. The number of piperidine rings is 1. The van der Waals surface area contributed by atoms with E-state index < -0.39 is 0 Å². The number of hydrogen-bond acceptors (Lipinski definition) is 2. The lowest BCUT2D eigenvalue weighted by Gasteiger charge is -2.47. The van der Waals surface area contributed by atoms with Crippen molar-refractivity contribution in [1.29, 1.82) is 0 Å². The monoisotopic (exact) mass is 353 g/mol. The molecule has 26 heavy (non-hydrogen) atoms. The van der Waals surface area contributed by atoms with Gasteiger partial charge in [-0.05, 0) is 48.7 Å². The minimum atomic E-state index is -0.0366. The number of carbonyl (C=O) groups excluding carboxylic acids is 1. The molecule has 0 unspecified atom stereocenters. The van der Waals surface area contributed by atoms with Crippen molar-refractivity contribution in [3.63, 3.8) is 0 Å². The van der Waals surface area contributed by atoms with Gasteiger partial charge >= 0.3 is 6.03 Å². The van der Waals surface area contributed by atoms with E-state index in [9.17, 15) is 4.79 Å². The second kappa shape index (κ2) is 7.28. The van der Waals surface area contributed by atoms with Crippen molar-refractivity contribution in [2.75, 3.05) is 27.2 Å². The molecule has 2 aromatic carbocycles. The van der Waals surface area contributed by atoms with Crippen LogP contribution in [0.2, 0.25) is 0 Å². The van der Waals surface area contributed by atoms with Crippen LogP contribution in [0.25, 0.3) is 10.8 Å². The Morgan fingerprint density at radius 1 is 1.23 bits per heavy atom. The van der Waals surface area contributed by atoms with E-state index in [1.165, 1.54) is 10.8 Å². The Balaban J connectivity index is 1.74. The lowest BCUT2D eigenvalue weighted by atomic mass is 9.78. The molecular formula is C22H31N3O. The highest BCUT2D eigenvalue weighted by molar-refractivity contribution is 5.86. The summed E-state index contributed by atoms with van der Waals surface area (Å²) in [6, 6.07) is 14.8. The van der Waals surface area contributed by atoms with E-state index in [0.29, 0.717) is 0 Å². The van der Waals surface area contributed by atoms with Crippen LogP contribution in [-0.4, -0.2) is 49.1 Å². The maximum Gasteiger partial charge on any atom is 0.317 e. The van der Waals surface area contributed by atoms with Gasteiger partial charge in [-0.1, -0.05) is 56.3 Å². The van der Waals surface area contributed by atoms with Crippen LogP contribution in [0.3, 0.4) is 0 Å². The van der Waals surface area contributed by atoms with Gasteiger partial charge in [0, 0.05) is 19.6 Å². The average molecular weight is 354 g/mol. The smallest absolute Gasteiger partial charge is 0.317 e. The molecule has 1 N–H and O–H groups in total. The maximum atomic E-state index is 12.9. The van der Waals surface area contributed by atoms with Crippen LogP contribution in [0.15, 0.2) is 42.5 Å². The van der Waals surface area contributed by atoms with Crippen LogP contribution >= 0.6 is 0 Å². The Kier molecular flexibility index (Phi) is 5.24. The van der Waals surface area contributed by atoms with Gasteiger partial charge in [-0.2, -0.15) is 0 Å². The molecule has 0 saturated carbocycles. The largest absolute Gasteiger partial charge is 0.331 e. The number of urea groups is 1. The van der Waals surface area contributed by atoms with Crippen molar-refractivity contribution < 1.29 is 4.79 Å². The molecule has 4 nitrogen and oxygen atoms in total. The fraction of sp³-hybridized carbons (Fsp3) is 0.500. The summed E-state index contributed by atoms with van der Waals surface area (Å²) in [5.74, 6) is 0. The third-order valence-corrected chi connectivity index (χ3v) is 5.78. The maximum absolute atomic E-state index is 12.9. The van der Waals surface area contributed by atoms with Crippen LogP contribution in [0.1, 0.15) is 38.8 Å². The van der Waals surface area contributed by atoms with Crippen molar-refractivity contribution in [3.8, 4) is 0 Å². The zero-order valence-corrected chi connectivity index (χ0v) is 16.6. The molecule has 0 bridgehead atoms. The first-order valence-corrected chi connectivity index (χ1v) is 9.49. The first-order chi connectivity index (χ1) is 12.3. The molecule has 140 valence electrons. The molecule has 2 atom stereocenters. The number of carbonyl (C=O) groups is 1. The van der Waals surface area contributed by atoms with E-state index >= 15 is 0 Å². The number of amides is 2. The van der Waals surface area contributed by atoms with E-state index in [2.05, 4.69) is 68.4 Å². The van der Waals surface area contributed by atoms with Crippen molar-refractivity contribution in [2.45, 2.75) is 39.3 Å². The van der Waals surface area contributed by atoms with Crippen molar-refractivity contribution >= 4 is 16.8 Å². The highest BCUT2D eigenvalue weighted by atomic mass is 16.2. The van der Waals surface area contributed by atoms with Gasteiger partial charge in [0.25, 0.3) is 0 Å². The summed E-state index contributed by atoms with van der Waals surface area (Å²) in [5.41, 5.74) is 1.24. The number of fused-ring (bicyclic) bond motifs is 1. The minimum absolute atomic E-state index is 0.00747. The van der Waals surface area contributed by atoms with E-state index in [1.54, 1.807) is 0 Å². The summed E-state index contributed by atoms with van der Waals surface area (Å²) in [6.07, 6.45) is 1.01. The standard InChI is InChI=1S/C22H31N3O/c1-16(18-12-8-10-17-9-6-7-11-19(17)18)23-21(26)25(5)20-13-14-24(4)15-22(20,2)3/h6-12,16,20H,13-15H2,1-5H3,(H,23,26)/t16-,20-/m0/s1. The second-order valence-electron chi connectivity index (χ2n) is 8.38. The summed E-state index contributed by atoms with van der Waals surface area (Å²) >= 11 is 0. The first kappa shape index (κ1) is 18.7. The SMILES string of the molecule is C[C@H](NC(=O)N(C)[C@H]1CCN(C)CC1(C)C)c1cccc2ccccc12. The van der Waals surface area contributed by atoms with E-state index in [0.717, 1.165) is 25.1 Å². The van der Waals surface area contributed by atoms with Gasteiger partial charge in [-0.15, -0.1) is 0 Å². The molecule has 0 radical (unpaired) electrons. The predicted octanol–water partition coefficient (Wildman–Crippen LogP) is 4.27. The normalized spacial score (nSPS) is 21.3. The Hall–Kier alpha value is -2.07. The summed E-state index contributed by atoms with van der Waals surface area (Å²) < 4.78 is 0. The van der Waals surface area contributed by atoms with E-state index in [1.807, 2.05) is 24.1 Å². The Morgan fingerprint density at radius 2 is 1.92 bits per heavy atom. The fourth-order valence-corrected chi connectivity index (χ4v) is 4.47. The van der Waals surface area contributed by atoms with Crippen LogP contribution in [0.5, 0.6) is 0 Å². The first-order valence-electron chi connectivity index (χ1n) is 9.49. The van der Waals surface area contributed by atoms with Gasteiger partial charge in [0.2, 0.25) is 0 Å². The molecule has 0 spiro atoms. The molecule has 0 aromatic heterocycles. The van der Waals surface area contributed by atoms with E-state index in [4.69, 9.17) is 0 Å². The molecule has 2 aromatic rings. The summed E-state index contributed by atoms with van der Waals surface area (Å²) in [5, 5.41) is 5.61. The summed E-state index contributed by atoms with van der Waals surface area (Å²) in [6.45, 7) is 8.61. The molecule has 1 fully saturated rings. The number of nitrogens with one attached hydrogen (secondary N) is 1. The number of nitrogens with zero attached hydrogens (tertiary/aromatic N) is 2. The van der Waals surface area contributed by atoms with E-state index in [-0.39, 0.29) is 23.5 Å². The van der Waals surface area contributed by atoms with Crippen molar-refractivity contribution in [1.82, 2.24) is 15.1 Å². The molecule has 2 amide bonds. The lowest BCUT2D eigenvalue weighted by Crippen LogP contribution is -2.57. The zero-order valence-electron chi connectivity index (χ0n) is 16.6. The third kappa shape index (κ3) is 3.70. The topological polar surface area (TPSA) is 35.6 Å². The van der Waals surface area contributed by atoms with Crippen molar-refractivity contribution in [3.05, 3.63) is 48.0 Å². The molecule has 3 rings (SSSR count). The lowest BCUT2D eigenvalue weighted by molar-refractivity contribution is 0.0446. The molecule has 1 aliphatic rings. The van der Waals surface area contributed by atoms with Crippen LogP contribution in [-0.2, 0) is 0 Å². The molecule has 4 heteroatoms. The van der Waals surface area contributed by atoms with Crippen molar-refractivity contribution in [2.24, 2.45) is 5.41 Å². The van der Waals surface area contributed by atoms with Gasteiger partial charge in [0.1, 0.15) is 0 Å². The van der Waals surface area contributed by atoms with Gasteiger partial charge in [0.15, 0.2) is 0 Å². The highest BCUT2D eigenvalue weighted by Gasteiger charge is 2.38. The Bertz CT molecular complexity index is 781. The van der Waals surface area contributed by atoms with Gasteiger partial charge in [-0.25, -0.2) is 4.79 Å². The van der Waals surface area contributed by atoms with Gasteiger partial charge in [-0.3, -0.25) is 0 Å².